The molecule has 0 unspecified atom stereocenters. The molecule has 1 amide bonds. The number of likely N-dealkylation sites (N-methyl/N-ethyl adjacent to an activating group) is 2. The second-order valence-corrected chi connectivity index (χ2v) is 10.3. The predicted molar refractivity (Wildman–Crippen MR) is 152 cm³/mol. The van der Waals surface area contributed by atoms with E-state index in [2.05, 4.69) is 59.0 Å². The summed E-state index contributed by atoms with van der Waals surface area (Å²) in [6.07, 6.45) is 0. The summed E-state index contributed by atoms with van der Waals surface area (Å²) in [4.78, 5) is 36.1. The summed E-state index contributed by atoms with van der Waals surface area (Å²) >= 11 is 0. The Labute approximate surface area is 224 Å². The van der Waals surface area contributed by atoms with E-state index in [0.29, 0.717) is 17.7 Å². The topological polar surface area (TPSA) is 105 Å². The Bertz CT molecular complexity index is 1370. The van der Waals surface area contributed by atoms with Gasteiger partial charge in [0.15, 0.2) is 0 Å². The molecule has 202 valence electrons. The van der Waals surface area contributed by atoms with Crippen molar-refractivity contribution >= 4 is 11.7 Å². The van der Waals surface area contributed by atoms with Gasteiger partial charge in [0, 0.05) is 66.7 Å². The smallest absolute Gasteiger partial charge is 0.253 e. The van der Waals surface area contributed by atoms with Crippen molar-refractivity contribution in [1.82, 2.24) is 30.9 Å². The Morgan fingerprint density at radius 3 is 2.71 bits per heavy atom. The van der Waals surface area contributed by atoms with Crippen LogP contribution in [0.3, 0.4) is 0 Å². The lowest BCUT2D eigenvalue weighted by Crippen LogP contribution is -2.38. The zero-order valence-corrected chi connectivity index (χ0v) is 23.2. The molecule has 1 aliphatic heterocycles. The normalized spacial score (nSPS) is 12.9. The Kier molecular flexibility index (Phi) is 8.61. The number of aromatic amines is 1. The summed E-state index contributed by atoms with van der Waals surface area (Å²) in [6.45, 7) is 11.3. The third-order valence-corrected chi connectivity index (χ3v) is 6.86. The van der Waals surface area contributed by atoms with Gasteiger partial charge in [0.25, 0.3) is 11.5 Å². The Morgan fingerprint density at radius 1 is 1.21 bits per heavy atom. The molecule has 0 spiro atoms. The summed E-state index contributed by atoms with van der Waals surface area (Å²) < 4.78 is 0. The highest BCUT2D eigenvalue weighted by atomic mass is 16.2. The monoisotopic (exact) mass is 517 g/mol. The van der Waals surface area contributed by atoms with Crippen molar-refractivity contribution in [3.8, 4) is 11.3 Å². The van der Waals surface area contributed by atoms with Gasteiger partial charge in [-0.15, -0.1) is 0 Å². The maximum Gasteiger partial charge on any atom is 0.253 e. The van der Waals surface area contributed by atoms with Crippen molar-refractivity contribution in [3.63, 3.8) is 0 Å². The minimum absolute atomic E-state index is 0.155. The number of hydrazine groups is 1. The van der Waals surface area contributed by atoms with Crippen LogP contribution in [-0.4, -0.2) is 54.0 Å². The number of aromatic nitrogens is 2. The fourth-order valence-corrected chi connectivity index (χ4v) is 4.84. The number of nitrogens with one attached hydrogen (secondary N) is 4. The number of fused-ring (bicyclic) bond motifs is 1. The van der Waals surface area contributed by atoms with Crippen molar-refractivity contribution in [2.45, 2.75) is 53.4 Å². The molecular weight excluding hydrogens is 478 g/mol. The van der Waals surface area contributed by atoms with Gasteiger partial charge >= 0.3 is 0 Å². The molecule has 0 bridgehead atoms. The van der Waals surface area contributed by atoms with Crippen LogP contribution >= 0.6 is 0 Å². The van der Waals surface area contributed by atoms with Gasteiger partial charge in [-0.25, -0.2) is 10.4 Å². The number of pyridine rings is 2. The van der Waals surface area contributed by atoms with E-state index >= 15 is 0 Å². The van der Waals surface area contributed by atoms with E-state index in [0.717, 1.165) is 53.5 Å². The first-order chi connectivity index (χ1) is 18.2. The number of amides is 1. The van der Waals surface area contributed by atoms with Crippen LogP contribution in [0.15, 0.2) is 41.2 Å². The van der Waals surface area contributed by atoms with Crippen molar-refractivity contribution in [1.29, 1.82) is 0 Å². The fourth-order valence-electron chi connectivity index (χ4n) is 4.84. The number of nitrogens with zero attached hydrogens (tertiary/aromatic N) is 3. The number of carbonyl (C=O) groups is 1. The minimum atomic E-state index is -0.223. The molecule has 0 radical (unpaired) electrons. The number of anilines is 1. The SMILES string of the molecule is CNCCN(C)Cc1cccc(-c2cc(C(=O)NCc3c(C)cc(C)[nH]c3=O)c3c(n2)N(C(C)C)NC3)c1. The first-order valence-electron chi connectivity index (χ1n) is 13.1. The van der Waals surface area contributed by atoms with E-state index in [4.69, 9.17) is 4.98 Å². The standard InChI is InChI=1S/C29H39N7O2/c1-18(2)36-27-25(16-32-36)23(28(37)31-15-24-19(3)12-20(4)33-29(24)38)14-26(34-27)22-9-7-8-21(13-22)17-35(6)11-10-30-5/h7-9,12-14,18,30,32H,10-11,15-17H2,1-6H3,(H,31,37)(H,33,38). The van der Waals surface area contributed by atoms with E-state index < -0.39 is 0 Å². The molecule has 38 heavy (non-hydrogen) atoms. The summed E-state index contributed by atoms with van der Waals surface area (Å²) in [6, 6.07) is 12.3. The van der Waals surface area contributed by atoms with Crippen LogP contribution in [-0.2, 0) is 19.6 Å². The highest BCUT2D eigenvalue weighted by molar-refractivity contribution is 5.98. The van der Waals surface area contributed by atoms with E-state index in [-0.39, 0.29) is 24.1 Å². The third kappa shape index (κ3) is 6.12. The number of hydrogen-bond donors (Lipinski definition) is 4. The van der Waals surface area contributed by atoms with Crippen LogP contribution in [0.1, 0.15) is 52.2 Å². The average molecular weight is 518 g/mol. The Hall–Kier alpha value is -3.53. The molecule has 4 N–H and O–H groups in total. The van der Waals surface area contributed by atoms with Crippen molar-refractivity contribution in [2.75, 3.05) is 32.2 Å². The average Bonchev–Trinajstić information content (AvgIpc) is 3.30. The number of benzene rings is 1. The summed E-state index contributed by atoms with van der Waals surface area (Å²) in [5.74, 6) is 0.545. The van der Waals surface area contributed by atoms with E-state index in [1.807, 2.05) is 50.2 Å². The van der Waals surface area contributed by atoms with Crippen LogP contribution in [0.25, 0.3) is 11.3 Å². The zero-order chi connectivity index (χ0) is 27.4. The van der Waals surface area contributed by atoms with Crippen LogP contribution in [0.4, 0.5) is 5.82 Å². The van der Waals surface area contributed by atoms with Gasteiger partial charge in [0.2, 0.25) is 0 Å². The molecule has 0 saturated carbocycles. The lowest BCUT2D eigenvalue weighted by atomic mass is 10.0. The maximum absolute atomic E-state index is 13.5. The Morgan fingerprint density at radius 2 is 2.00 bits per heavy atom. The van der Waals surface area contributed by atoms with Crippen molar-refractivity contribution in [2.24, 2.45) is 0 Å². The van der Waals surface area contributed by atoms with Gasteiger partial charge in [-0.3, -0.25) is 14.6 Å². The lowest BCUT2D eigenvalue weighted by molar-refractivity contribution is 0.0950. The largest absolute Gasteiger partial charge is 0.348 e. The van der Waals surface area contributed by atoms with Gasteiger partial charge in [0.05, 0.1) is 5.69 Å². The molecule has 0 aliphatic carbocycles. The van der Waals surface area contributed by atoms with Gasteiger partial charge in [-0.2, -0.15) is 0 Å². The number of carbonyl (C=O) groups excluding carboxylic acids is 1. The summed E-state index contributed by atoms with van der Waals surface area (Å²) in [7, 11) is 4.06. The zero-order valence-electron chi connectivity index (χ0n) is 23.2. The molecule has 3 heterocycles. The maximum atomic E-state index is 13.5. The van der Waals surface area contributed by atoms with E-state index in [9.17, 15) is 9.59 Å². The molecule has 0 atom stereocenters. The Balaban J connectivity index is 1.67. The van der Waals surface area contributed by atoms with Gasteiger partial charge < -0.3 is 20.5 Å². The molecule has 1 aromatic carbocycles. The number of hydrogen-bond acceptors (Lipinski definition) is 7. The molecule has 9 nitrogen and oxygen atoms in total. The van der Waals surface area contributed by atoms with Crippen LogP contribution < -0.4 is 26.6 Å². The highest BCUT2D eigenvalue weighted by Gasteiger charge is 2.29. The molecule has 3 aromatic rings. The first kappa shape index (κ1) is 27.5. The lowest BCUT2D eigenvalue weighted by Gasteiger charge is -2.23. The van der Waals surface area contributed by atoms with Crippen molar-refractivity contribution < 1.29 is 4.79 Å². The molecule has 9 heteroatoms. The first-order valence-corrected chi connectivity index (χ1v) is 13.1. The predicted octanol–water partition coefficient (Wildman–Crippen LogP) is 2.87. The summed E-state index contributed by atoms with van der Waals surface area (Å²) in [5, 5.41) is 8.18. The molecule has 1 aliphatic rings. The quantitative estimate of drug-likeness (QED) is 0.328. The van der Waals surface area contributed by atoms with Crippen LogP contribution in [0.5, 0.6) is 0 Å². The molecular formula is C29H39N7O2. The molecule has 4 rings (SSSR count). The number of rotatable bonds is 10. The van der Waals surface area contributed by atoms with Crippen LogP contribution in [0, 0.1) is 13.8 Å². The fraction of sp³-hybridized carbons (Fsp3) is 0.414. The van der Waals surface area contributed by atoms with Gasteiger partial charge in [0.1, 0.15) is 5.82 Å². The van der Waals surface area contributed by atoms with Crippen LogP contribution in [0.2, 0.25) is 0 Å². The van der Waals surface area contributed by atoms with E-state index in [1.165, 1.54) is 5.56 Å². The highest BCUT2D eigenvalue weighted by Crippen LogP contribution is 2.32. The molecule has 2 aromatic heterocycles. The second kappa shape index (κ2) is 11.9. The minimum Gasteiger partial charge on any atom is -0.348 e. The summed E-state index contributed by atoms with van der Waals surface area (Å²) in [5.41, 5.74) is 9.73. The number of H-pyrrole nitrogens is 1. The van der Waals surface area contributed by atoms with Gasteiger partial charge in [-0.1, -0.05) is 18.2 Å². The molecule has 0 fully saturated rings. The van der Waals surface area contributed by atoms with E-state index in [1.54, 1.807) is 0 Å². The van der Waals surface area contributed by atoms with Crippen molar-refractivity contribution in [3.05, 3.63) is 80.3 Å². The third-order valence-electron chi connectivity index (χ3n) is 6.86. The molecule has 0 saturated heterocycles. The second-order valence-electron chi connectivity index (χ2n) is 10.3. The number of aryl methyl sites for hydroxylation is 2. The van der Waals surface area contributed by atoms with Gasteiger partial charge in [-0.05, 0) is 71.1 Å².